The van der Waals surface area contributed by atoms with Crippen LogP contribution in [0, 0.1) is 0 Å². The molecule has 3 aromatic heterocycles. The number of hydrogen-bond acceptors (Lipinski definition) is 4. The third-order valence-electron chi connectivity index (χ3n) is 4.01. The highest BCUT2D eigenvalue weighted by Gasteiger charge is 2.12. The molecular weight excluding hydrogens is 332 g/mol. The van der Waals surface area contributed by atoms with Gasteiger partial charge in [-0.05, 0) is 23.1 Å². The van der Waals surface area contributed by atoms with Gasteiger partial charge in [0.1, 0.15) is 5.69 Å². The van der Waals surface area contributed by atoms with E-state index in [0.29, 0.717) is 13.0 Å². The molecule has 0 saturated heterocycles. The maximum atomic E-state index is 12.4. The number of benzene rings is 1. The van der Waals surface area contributed by atoms with Crippen LogP contribution in [0.5, 0.6) is 0 Å². The van der Waals surface area contributed by atoms with Gasteiger partial charge in [0.2, 0.25) is 5.91 Å². The first-order valence-corrected chi connectivity index (χ1v) is 8.84. The lowest BCUT2D eigenvalue weighted by Gasteiger charge is -2.07. The number of hydrogen-bond donors (Lipinski definition) is 2. The molecule has 6 heteroatoms. The molecule has 25 heavy (non-hydrogen) atoms. The molecule has 1 amide bonds. The Bertz CT molecular complexity index is 1010. The zero-order valence-electron chi connectivity index (χ0n) is 13.4. The van der Waals surface area contributed by atoms with Crippen molar-refractivity contribution in [3.63, 3.8) is 0 Å². The van der Waals surface area contributed by atoms with E-state index in [1.54, 1.807) is 23.7 Å². The fourth-order valence-electron chi connectivity index (χ4n) is 2.81. The van der Waals surface area contributed by atoms with Crippen molar-refractivity contribution in [3.8, 4) is 10.6 Å². The average Bonchev–Trinajstić information content (AvgIpc) is 3.31. The Labute approximate surface area is 148 Å². The van der Waals surface area contributed by atoms with Crippen molar-refractivity contribution in [3.05, 3.63) is 71.6 Å². The summed E-state index contributed by atoms with van der Waals surface area (Å²) >= 11 is 1.61. The topological polar surface area (TPSA) is 70.7 Å². The quantitative estimate of drug-likeness (QED) is 0.579. The van der Waals surface area contributed by atoms with Crippen LogP contribution in [0.3, 0.4) is 0 Å². The number of thiophene rings is 1. The standard InChI is InChI=1S/C19H16N4OS/c24-18(10-13-11-22-15-5-2-1-4-14(13)15)23-12-16-19(21-8-7-20-16)17-6-3-9-25-17/h1-9,11,22H,10,12H2,(H,23,24). The summed E-state index contributed by atoms with van der Waals surface area (Å²) in [5.41, 5.74) is 3.63. The first-order chi connectivity index (χ1) is 12.3. The van der Waals surface area contributed by atoms with Gasteiger partial charge in [-0.1, -0.05) is 24.3 Å². The molecule has 0 saturated carbocycles. The molecule has 5 nitrogen and oxygen atoms in total. The number of carbonyl (C=O) groups excluding carboxylic acids is 1. The summed E-state index contributed by atoms with van der Waals surface area (Å²) < 4.78 is 0. The summed E-state index contributed by atoms with van der Waals surface area (Å²) in [6, 6.07) is 12.0. The highest BCUT2D eigenvalue weighted by molar-refractivity contribution is 7.13. The van der Waals surface area contributed by atoms with Gasteiger partial charge >= 0.3 is 0 Å². The molecule has 4 aromatic rings. The molecule has 0 unspecified atom stereocenters. The van der Waals surface area contributed by atoms with Crippen LogP contribution in [0.2, 0.25) is 0 Å². The number of nitrogens with zero attached hydrogens (tertiary/aromatic N) is 2. The zero-order chi connectivity index (χ0) is 17.1. The van der Waals surface area contributed by atoms with Crippen molar-refractivity contribution in [1.82, 2.24) is 20.3 Å². The van der Waals surface area contributed by atoms with Crippen LogP contribution in [0.1, 0.15) is 11.3 Å². The van der Waals surface area contributed by atoms with Crippen molar-refractivity contribution in [2.24, 2.45) is 0 Å². The molecule has 124 valence electrons. The van der Waals surface area contributed by atoms with Crippen molar-refractivity contribution in [2.45, 2.75) is 13.0 Å². The number of aromatic amines is 1. The van der Waals surface area contributed by atoms with Gasteiger partial charge in [0, 0.05) is 29.5 Å². The lowest BCUT2D eigenvalue weighted by Crippen LogP contribution is -2.25. The van der Waals surface area contributed by atoms with Gasteiger partial charge in [-0.2, -0.15) is 0 Å². The summed E-state index contributed by atoms with van der Waals surface area (Å²) in [5, 5.41) is 6.04. The van der Waals surface area contributed by atoms with E-state index >= 15 is 0 Å². The SMILES string of the molecule is O=C(Cc1c[nH]c2ccccc12)NCc1nccnc1-c1cccs1. The van der Waals surface area contributed by atoms with Crippen molar-refractivity contribution in [2.75, 3.05) is 0 Å². The Balaban J connectivity index is 1.46. The van der Waals surface area contributed by atoms with Crippen LogP contribution < -0.4 is 5.32 Å². The van der Waals surface area contributed by atoms with Crippen LogP contribution in [0.15, 0.2) is 60.4 Å². The second-order valence-electron chi connectivity index (χ2n) is 5.64. The normalized spacial score (nSPS) is 10.9. The number of carbonyl (C=O) groups is 1. The molecule has 0 atom stereocenters. The molecule has 0 aliphatic heterocycles. The monoisotopic (exact) mass is 348 g/mol. The maximum absolute atomic E-state index is 12.4. The van der Waals surface area contributed by atoms with Gasteiger partial charge in [0.15, 0.2) is 0 Å². The van der Waals surface area contributed by atoms with Crippen molar-refractivity contribution < 1.29 is 4.79 Å². The predicted molar refractivity (Wildman–Crippen MR) is 99.2 cm³/mol. The van der Waals surface area contributed by atoms with Crippen LogP contribution in [-0.2, 0) is 17.8 Å². The van der Waals surface area contributed by atoms with E-state index < -0.39 is 0 Å². The van der Waals surface area contributed by atoms with E-state index in [1.807, 2.05) is 48.0 Å². The predicted octanol–water partition coefficient (Wildman–Crippen LogP) is 3.55. The molecule has 3 heterocycles. The molecule has 0 aliphatic carbocycles. The minimum absolute atomic E-state index is 0.0347. The molecule has 1 aromatic carbocycles. The third kappa shape index (κ3) is 3.29. The molecule has 2 N–H and O–H groups in total. The number of nitrogens with one attached hydrogen (secondary N) is 2. The summed E-state index contributed by atoms with van der Waals surface area (Å²) in [5.74, 6) is -0.0347. The second kappa shape index (κ2) is 6.86. The second-order valence-corrected chi connectivity index (χ2v) is 6.59. The van der Waals surface area contributed by atoms with Crippen LogP contribution in [0.4, 0.5) is 0 Å². The summed E-state index contributed by atoms with van der Waals surface area (Å²) in [6.07, 6.45) is 5.55. The molecule has 0 bridgehead atoms. The lowest BCUT2D eigenvalue weighted by molar-refractivity contribution is -0.120. The largest absolute Gasteiger partial charge is 0.361 e. The van der Waals surface area contributed by atoms with E-state index in [4.69, 9.17) is 0 Å². The van der Waals surface area contributed by atoms with E-state index in [1.165, 1.54) is 0 Å². The van der Waals surface area contributed by atoms with Crippen LogP contribution >= 0.6 is 11.3 Å². The van der Waals surface area contributed by atoms with Crippen molar-refractivity contribution >= 4 is 28.1 Å². The first-order valence-electron chi connectivity index (χ1n) is 7.97. The number of para-hydroxylation sites is 1. The van der Waals surface area contributed by atoms with E-state index in [2.05, 4.69) is 20.3 Å². The average molecular weight is 348 g/mol. The van der Waals surface area contributed by atoms with Gasteiger partial charge in [0.05, 0.1) is 23.5 Å². The van der Waals surface area contributed by atoms with E-state index in [0.717, 1.165) is 32.7 Å². The highest BCUT2D eigenvalue weighted by Crippen LogP contribution is 2.24. The molecule has 0 spiro atoms. The van der Waals surface area contributed by atoms with Gasteiger partial charge < -0.3 is 10.3 Å². The Hall–Kier alpha value is -2.99. The zero-order valence-corrected chi connectivity index (χ0v) is 14.2. The Kier molecular flexibility index (Phi) is 4.26. The fourth-order valence-corrected chi connectivity index (χ4v) is 3.55. The van der Waals surface area contributed by atoms with Gasteiger partial charge in [-0.3, -0.25) is 14.8 Å². The van der Waals surface area contributed by atoms with E-state index in [-0.39, 0.29) is 5.91 Å². The van der Waals surface area contributed by atoms with Gasteiger partial charge in [-0.15, -0.1) is 11.3 Å². The summed E-state index contributed by atoms with van der Waals surface area (Å²) in [6.45, 7) is 0.363. The summed E-state index contributed by atoms with van der Waals surface area (Å²) in [4.78, 5) is 25.4. The molecular formula is C19H16N4OS. The molecule has 0 aliphatic rings. The van der Waals surface area contributed by atoms with E-state index in [9.17, 15) is 4.79 Å². The number of aromatic nitrogens is 3. The van der Waals surface area contributed by atoms with Crippen molar-refractivity contribution in [1.29, 1.82) is 0 Å². The maximum Gasteiger partial charge on any atom is 0.224 e. The number of H-pyrrole nitrogens is 1. The molecule has 4 rings (SSSR count). The molecule has 0 radical (unpaired) electrons. The fraction of sp³-hybridized carbons (Fsp3) is 0.105. The Morgan fingerprint density at radius 1 is 1.12 bits per heavy atom. The minimum atomic E-state index is -0.0347. The van der Waals surface area contributed by atoms with Crippen LogP contribution in [0.25, 0.3) is 21.5 Å². The Morgan fingerprint density at radius 2 is 2.00 bits per heavy atom. The minimum Gasteiger partial charge on any atom is -0.361 e. The number of rotatable bonds is 5. The van der Waals surface area contributed by atoms with Crippen LogP contribution in [-0.4, -0.2) is 20.9 Å². The first kappa shape index (κ1) is 15.5. The smallest absolute Gasteiger partial charge is 0.224 e. The molecule has 0 fully saturated rings. The number of fused-ring (bicyclic) bond motifs is 1. The third-order valence-corrected chi connectivity index (χ3v) is 4.88. The highest BCUT2D eigenvalue weighted by atomic mass is 32.1. The summed E-state index contributed by atoms with van der Waals surface area (Å²) in [7, 11) is 0. The Morgan fingerprint density at radius 3 is 2.88 bits per heavy atom. The van der Waals surface area contributed by atoms with Gasteiger partial charge in [0.25, 0.3) is 0 Å². The van der Waals surface area contributed by atoms with Gasteiger partial charge in [-0.25, -0.2) is 0 Å². The lowest BCUT2D eigenvalue weighted by atomic mass is 10.1. The number of amides is 1.